The van der Waals surface area contributed by atoms with Gasteiger partial charge in [-0.2, -0.15) is 0 Å². The van der Waals surface area contributed by atoms with Gasteiger partial charge in [-0.1, -0.05) is 49.6 Å². The van der Waals surface area contributed by atoms with Crippen molar-refractivity contribution in [3.8, 4) is 0 Å². The van der Waals surface area contributed by atoms with Crippen LogP contribution >= 0.6 is 0 Å². The molecule has 0 bridgehead atoms. The van der Waals surface area contributed by atoms with Crippen LogP contribution in [-0.4, -0.2) is 54.2 Å². The quantitative estimate of drug-likeness (QED) is 0.770. The Morgan fingerprint density at radius 2 is 1.64 bits per heavy atom. The summed E-state index contributed by atoms with van der Waals surface area (Å²) in [4.78, 5) is 29.3. The Balaban J connectivity index is 1.46. The number of rotatable bonds is 5. The average Bonchev–Trinajstić information content (AvgIpc) is 2.68. The summed E-state index contributed by atoms with van der Waals surface area (Å²) in [6, 6.07) is 10.0. The molecule has 1 amide bonds. The summed E-state index contributed by atoms with van der Waals surface area (Å²) >= 11 is 0. The van der Waals surface area contributed by atoms with Crippen molar-refractivity contribution in [2.75, 3.05) is 26.7 Å². The van der Waals surface area contributed by atoms with E-state index in [4.69, 9.17) is 0 Å². The third kappa shape index (κ3) is 4.69. The van der Waals surface area contributed by atoms with Gasteiger partial charge in [-0.05, 0) is 38.8 Å². The van der Waals surface area contributed by atoms with Gasteiger partial charge < -0.3 is 4.90 Å². The zero-order valence-corrected chi connectivity index (χ0v) is 15.3. The number of ketones is 1. The van der Waals surface area contributed by atoms with E-state index in [-0.39, 0.29) is 17.6 Å². The highest BCUT2D eigenvalue weighted by atomic mass is 16.2. The van der Waals surface area contributed by atoms with Crippen LogP contribution in [-0.2, 0) is 4.79 Å². The first kappa shape index (κ1) is 18.1. The van der Waals surface area contributed by atoms with Crippen molar-refractivity contribution in [2.45, 2.75) is 51.0 Å². The van der Waals surface area contributed by atoms with E-state index in [1.54, 1.807) is 0 Å². The highest BCUT2D eigenvalue weighted by Crippen LogP contribution is 2.24. The van der Waals surface area contributed by atoms with Gasteiger partial charge in [0.2, 0.25) is 5.91 Å². The molecule has 1 heterocycles. The number of carbonyl (C=O) groups is 2. The maximum absolute atomic E-state index is 12.6. The predicted octanol–water partition coefficient (Wildman–Crippen LogP) is 3.37. The van der Waals surface area contributed by atoms with Crippen LogP contribution in [0.4, 0.5) is 0 Å². The van der Waals surface area contributed by atoms with Gasteiger partial charge in [-0.15, -0.1) is 0 Å². The van der Waals surface area contributed by atoms with Crippen LogP contribution in [0.5, 0.6) is 0 Å². The fraction of sp³-hybridized carbons (Fsp3) is 0.619. The van der Waals surface area contributed by atoms with Gasteiger partial charge in [0.15, 0.2) is 5.78 Å². The summed E-state index contributed by atoms with van der Waals surface area (Å²) in [5.41, 5.74) is 0.814. The van der Waals surface area contributed by atoms with Crippen LogP contribution in [0.2, 0.25) is 0 Å². The number of hydrogen-bond donors (Lipinski definition) is 0. The van der Waals surface area contributed by atoms with Crippen molar-refractivity contribution in [3.63, 3.8) is 0 Å². The van der Waals surface area contributed by atoms with E-state index >= 15 is 0 Å². The molecule has 1 saturated carbocycles. The highest BCUT2D eigenvalue weighted by molar-refractivity contribution is 5.97. The zero-order valence-electron chi connectivity index (χ0n) is 15.3. The number of hydrogen-bond acceptors (Lipinski definition) is 3. The molecule has 0 N–H and O–H groups in total. The summed E-state index contributed by atoms with van der Waals surface area (Å²) in [6.45, 7) is 2.18. The van der Waals surface area contributed by atoms with Crippen LogP contribution in [0, 0.1) is 5.92 Å². The van der Waals surface area contributed by atoms with Crippen molar-refractivity contribution >= 4 is 11.7 Å². The Hall–Kier alpha value is -1.68. The van der Waals surface area contributed by atoms with E-state index < -0.39 is 0 Å². The van der Waals surface area contributed by atoms with Crippen molar-refractivity contribution in [2.24, 2.45) is 5.92 Å². The van der Waals surface area contributed by atoms with E-state index in [1.165, 1.54) is 19.3 Å². The Morgan fingerprint density at radius 3 is 2.28 bits per heavy atom. The maximum atomic E-state index is 12.6. The van der Waals surface area contributed by atoms with Gasteiger partial charge in [0, 0.05) is 24.6 Å². The molecule has 1 aliphatic heterocycles. The van der Waals surface area contributed by atoms with Crippen molar-refractivity contribution in [1.82, 2.24) is 9.80 Å². The first-order valence-electron chi connectivity index (χ1n) is 9.72. The summed E-state index contributed by atoms with van der Waals surface area (Å²) in [5, 5.41) is 0. The molecule has 0 radical (unpaired) electrons. The fourth-order valence-electron chi connectivity index (χ4n) is 4.17. The molecule has 0 aromatic heterocycles. The molecule has 4 heteroatoms. The third-order valence-electron chi connectivity index (χ3n) is 5.89. The molecule has 0 unspecified atom stereocenters. The number of amides is 1. The molecule has 2 fully saturated rings. The number of carbonyl (C=O) groups excluding carboxylic acids is 2. The number of Topliss-reactive ketones (excluding diaryl/α,β-unsaturated/α-hetero) is 1. The van der Waals surface area contributed by atoms with Crippen LogP contribution in [0.15, 0.2) is 30.3 Å². The Labute approximate surface area is 151 Å². The van der Waals surface area contributed by atoms with Gasteiger partial charge in [-0.3, -0.25) is 14.5 Å². The summed E-state index contributed by atoms with van der Waals surface area (Å²) in [5.74, 6) is 0.593. The zero-order chi connectivity index (χ0) is 17.6. The number of benzene rings is 1. The Kier molecular flexibility index (Phi) is 6.24. The monoisotopic (exact) mass is 342 g/mol. The minimum Gasteiger partial charge on any atom is -0.342 e. The number of likely N-dealkylation sites (tertiary alicyclic amines) is 1. The predicted molar refractivity (Wildman–Crippen MR) is 99.6 cm³/mol. The first-order valence-corrected chi connectivity index (χ1v) is 9.72. The van der Waals surface area contributed by atoms with Crippen molar-refractivity contribution < 1.29 is 9.59 Å². The lowest BCUT2D eigenvalue weighted by atomic mass is 9.89. The normalized spacial score (nSPS) is 20.4. The molecule has 25 heavy (non-hydrogen) atoms. The van der Waals surface area contributed by atoms with Crippen LogP contribution in [0.3, 0.4) is 0 Å². The van der Waals surface area contributed by atoms with Gasteiger partial charge in [0.1, 0.15) is 0 Å². The summed E-state index contributed by atoms with van der Waals surface area (Å²) in [6.07, 6.45) is 7.81. The lowest BCUT2D eigenvalue weighted by Gasteiger charge is -2.35. The van der Waals surface area contributed by atoms with Gasteiger partial charge >= 0.3 is 0 Å². The molecule has 2 aliphatic rings. The molecular formula is C21H30N2O2. The molecule has 0 atom stereocenters. The van der Waals surface area contributed by atoms with Gasteiger partial charge in [0.05, 0.1) is 6.54 Å². The van der Waals surface area contributed by atoms with Crippen molar-refractivity contribution in [3.05, 3.63) is 35.9 Å². The minimum absolute atomic E-state index is 0.102. The standard InChI is InChI=1S/C21H30N2O2/c1-22(19-10-6-3-7-11-19)20(24)16-23-14-12-18(13-15-23)21(25)17-8-4-2-5-9-17/h2,4-5,8-9,18-19H,3,6-7,10-16H2,1H3. The lowest BCUT2D eigenvalue weighted by Crippen LogP contribution is -2.46. The van der Waals surface area contributed by atoms with E-state index in [1.807, 2.05) is 42.3 Å². The van der Waals surface area contributed by atoms with E-state index in [0.29, 0.717) is 12.6 Å². The second-order valence-corrected chi connectivity index (χ2v) is 7.58. The molecule has 0 spiro atoms. The van der Waals surface area contributed by atoms with Crippen LogP contribution in [0.25, 0.3) is 0 Å². The van der Waals surface area contributed by atoms with Gasteiger partial charge in [0.25, 0.3) is 0 Å². The molecule has 4 nitrogen and oxygen atoms in total. The second kappa shape index (κ2) is 8.61. The smallest absolute Gasteiger partial charge is 0.236 e. The number of piperidine rings is 1. The van der Waals surface area contributed by atoms with Gasteiger partial charge in [-0.25, -0.2) is 0 Å². The maximum Gasteiger partial charge on any atom is 0.236 e. The number of nitrogens with zero attached hydrogens (tertiary/aromatic N) is 2. The molecule has 1 aliphatic carbocycles. The Bertz CT molecular complexity index is 573. The lowest BCUT2D eigenvalue weighted by molar-refractivity contribution is -0.134. The fourth-order valence-corrected chi connectivity index (χ4v) is 4.17. The van der Waals surface area contributed by atoms with E-state index in [2.05, 4.69) is 4.90 Å². The summed E-state index contributed by atoms with van der Waals surface area (Å²) in [7, 11) is 1.96. The molecule has 136 valence electrons. The Morgan fingerprint density at radius 1 is 1.00 bits per heavy atom. The average molecular weight is 342 g/mol. The number of likely N-dealkylation sites (N-methyl/N-ethyl adjacent to an activating group) is 1. The molecule has 1 saturated heterocycles. The summed E-state index contributed by atoms with van der Waals surface area (Å²) < 4.78 is 0. The topological polar surface area (TPSA) is 40.6 Å². The molecule has 1 aromatic rings. The SMILES string of the molecule is CN(C(=O)CN1CCC(C(=O)c2ccccc2)CC1)C1CCCCC1. The van der Waals surface area contributed by atoms with Crippen LogP contribution in [0.1, 0.15) is 55.3 Å². The van der Waals surface area contributed by atoms with Crippen LogP contribution < -0.4 is 0 Å². The van der Waals surface area contributed by atoms with Crippen molar-refractivity contribution in [1.29, 1.82) is 0 Å². The first-order chi connectivity index (χ1) is 12.1. The molecule has 3 rings (SSSR count). The largest absolute Gasteiger partial charge is 0.342 e. The minimum atomic E-state index is 0.102. The second-order valence-electron chi connectivity index (χ2n) is 7.58. The molecular weight excluding hydrogens is 312 g/mol. The van der Waals surface area contributed by atoms with E-state index in [0.717, 1.165) is 44.3 Å². The third-order valence-corrected chi connectivity index (χ3v) is 5.89. The van der Waals surface area contributed by atoms with E-state index in [9.17, 15) is 9.59 Å². The highest BCUT2D eigenvalue weighted by Gasteiger charge is 2.28. The molecule has 1 aromatic carbocycles.